The van der Waals surface area contributed by atoms with Crippen molar-refractivity contribution >= 4 is 5.69 Å². The summed E-state index contributed by atoms with van der Waals surface area (Å²) in [4.78, 5) is 2.40. The molecule has 0 amide bonds. The minimum absolute atomic E-state index is 0.138. The van der Waals surface area contributed by atoms with Gasteiger partial charge >= 0.3 is 0 Å². The van der Waals surface area contributed by atoms with Gasteiger partial charge in [-0.25, -0.2) is 4.39 Å². The highest BCUT2D eigenvalue weighted by Crippen LogP contribution is 2.40. The van der Waals surface area contributed by atoms with Crippen molar-refractivity contribution in [2.45, 2.75) is 18.8 Å². The van der Waals surface area contributed by atoms with Crippen LogP contribution in [-0.2, 0) is 0 Å². The topological polar surface area (TPSA) is 15.3 Å². The van der Waals surface area contributed by atoms with E-state index in [-0.39, 0.29) is 5.82 Å². The van der Waals surface area contributed by atoms with Gasteiger partial charge in [0.2, 0.25) is 0 Å². The molecule has 1 fully saturated rings. The van der Waals surface area contributed by atoms with E-state index in [2.05, 4.69) is 17.3 Å². The van der Waals surface area contributed by atoms with Crippen molar-refractivity contribution in [1.29, 1.82) is 0 Å². The van der Waals surface area contributed by atoms with Crippen LogP contribution in [0.2, 0.25) is 0 Å². The van der Waals surface area contributed by atoms with Crippen LogP contribution in [0.3, 0.4) is 0 Å². The summed E-state index contributed by atoms with van der Waals surface area (Å²) in [6.45, 7) is 3.36. The van der Waals surface area contributed by atoms with Crippen molar-refractivity contribution < 1.29 is 4.39 Å². The Kier molecular flexibility index (Phi) is 2.79. The molecule has 1 N–H and O–H groups in total. The quantitative estimate of drug-likeness (QED) is 0.803. The van der Waals surface area contributed by atoms with Crippen molar-refractivity contribution in [1.82, 2.24) is 4.90 Å². The van der Waals surface area contributed by atoms with Gasteiger partial charge in [0, 0.05) is 18.8 Å². The first-order valence-corrected chi connectivity index (χ1v) is 6.46. The summed E-state index contributed by atoms with van der Waals surface area (Å²) in [5.41, 5.74) is 2.33. The van der Waals surface area contributed by atoms with E-state index in [0.717, 1.165) is 18.2 Å². The summed E-state index contributed by atoms with van der Waals surface area (Å²) in [6, 6.07) is 5.21. The van der Waals surface area contributed by atoms with Crippen LogP contribution in [0, 0.1) is 11.7 Å². The molecule has 0 saturated carbocycles. The summed E-state index contributed by atoms with van der Waals surface area (Å²) in [5.74, 6) is 1.21. The Morgan fingerprint density at radius 2 is 2.24 bits per heavy atom. The fraction of sp³-hybridized carbons (Fsp3) is 0.571. The summed E-state index contributed by atoms with van der Waals surface area (Å²) in [5, 5.41) is 3.31. The fourth-order valence-electron chi connectivity index (χ4n) is 3.31. The van der Waals surface area contributed by atoms with E-state index < -0.39 is 0 Å². The predicted molar refractivity (Wildman–Crippen MR) is 67.9 cm³/mol. The summed E-state index contributed by atoms with van der Waals surface area (Å²) in [6.07, 6.45) is 2.45. The highest BCUT2D eigenvalue weighted by Gasteiger charge is 2.31. The van der Waals surface area contributed by atoms with Crippen LogP contribution >= 0.6 is 0 Å². The first kappa shape index (κ1) is 11.0. The number of benzene rings is 1. The van der Waals surface area contributed by atoms with E-state index in [1.807, 2.05) is 6.07 Å². The van der Waals surface area contributed by atoms with E-state index in [1.165, 1.54) is 31.5 Å². The van der Waals surface area contributed by atoms with Crippen LogP contribution in [-0.4, -0.2) is 31.6 Å². The van der Waals surface area contributed by atoms with Gasteiger partial charge in [0.25, 0.3) is 0 Å². The lowest BCUT2D eigenvalue weighted by Gasteiger charge is -2.31. The number of anilines is 1. The van der Waals surface area contributed by atoms with Crippen LogP contribution in [0.4, 0.5) is 10.1 Å². The van der Waals surface area contributed by atoms with Gasteiger partial charge in [-0.05, 0) is 56.0 Å². The first-order chi connectivity index (χ1) is 8.24. The second-order valence-electron chi connectivity index (χ2n) is 5.36. The molecule has 2 heterocycles. The van der Waals surface area contributed by atoms with Crippen LogP contribution in [0.5, 0.6) is 0 Å². The molecule has 1 aromatic carbocycles. The number of likely N-dealkylation sites (tertiary alicyclic amines) is 1. The maximum Gasteiger partial charge on any atom is 0.125 e. The van der Waals surface area contributed by atoms with Crippen molar-refractivity contribution in [3.8, 4) is 0 Å². The highest BCUT2D eigenvalue weighted by molar-refractivity contribution is 5.55. The van der Waals surface area contributed by atoms with Crippen molar-refractivity contribution in [3.05, 3.63) is 29.6 Å². The molecular weight excluding hydrogens is 215 g/mol. The van der Waals surface area contributed by atoms with E-state index >= 15 is 0 Å². The third-order valence-electron chi connectivity index (χ3n) is 4.18. The van der Waals surface area contributed by atoms with Gasteiger partial charge in [-0.15, -0.1) is 0 Å². The number of halogens is 1. The molecule has 2 atom stereocenters. The van der Waals surface area contributed by atoms with E-state index in [1.54, 1.807) is 12.1 Å². The lowest BCUT2D eigenvalue weighted by atomic mass is 9.80. The smallest absolute Gasteiger partial charge is 0.125 e. The molecule has 2 aliphatic heterocycles. The average Bonchev–Trinajstić information content (AvgIpc) is 2.74. The Morgan fingerprint density at radius 3 is 3.00 bits per heavy atom. The number of nitrogens with zero attached hydrogens (tertiary/aromatic N) is 1. The Labute approximate surface area is 102 Å². The molecule has 0 radical (unpaired) electrons. The van der Waals surface area contributed by atoms with Gasteiger partial charge in [-0.1, -0.05) is 6.07 Å². The van der Waals surface area contributed by atoms with Crippen LogP contribution in [0.1, 0.15) is 24.3 Å². The second kappa shape index (κ2) is 4.30. The summed E-state index contributed by atoms with van der Waals surface area (Å²) in [7, 11) is 2.19. The SMILES string of the molecule is CN1CCC(C2CCNc3cc(F)ccc32)C1. The molecule has 17 heavy (non-hydrogen) atoms. The molecule has 0 aromatic heterocycles. The largest absolute Gasteiger partial charge is 0.385 e. The van der Waals surface area contributed by atoms with E-state index in [4.69, 9.17) is 0 Å². The normalized spacial score (nSPS) is 28.8. The highest BCUT2D eigenvalue weighted by atomic mass is 19.1. The zero-order chi connectivity index (χ0) is 11.8. The molecule has 3 heteroatoms. The van der Waals surface area contributed by atoms with Crippen molar-refractivity contribution in [3.63, 3.8) is 0 Å². The average molecular weight is 234 g/mol. The third-order valence-corrected chi connectivity index (χ3v) is 4.18. The summed E-state index contributed by atoms with van der Waals surface area (Å²) >= 11 is 0. The number of nitrogens with one attached hydrogen (secondary N) is 1. The Balaban J connectivity index is 1.89. The molecular formula is C14H19FN2. The molecule has 1 saturated heterocycles. The Bertz CT molecular complexity index is 419. The lowest BCUT2D eigenvalue weighted by molar-refractivity contribution is 0.361. The second-order valence-corrected chi connectivity index (χ2v) is 5.36. The monoisotopic (exact) mass is 234 g/mol. The molecule has 3 rings (SSSR count). The lowest BCUT2D eigenvalue weighted by Crippen LogP contribution is -2.25. The maximum atomic E-state index is 13.2. The van der Waals surface area contributed by atoms with E-state index in [0.29, 0.717) is 5.92 Å². The van der Waals surface area contributed by atoms with Crippen molar-refractivity contribution in [2.75, 3.05) is 32.0 Å². The number of fused-ring (bicyclic) bond motifs is 1. The molecule has 2 nitrogen and oxygen atoms in total. The first-order valence-electron chi connectivity index (χ1n) is 6.46. The molecule has 2 unspecified atom stereocenters. The molecule has 92 valence electrons. The van der Waals surface area contributed by atoms with Crippen LogP contribution < -0.4 is 5.32 Å². The van der Waals surface area contributed by atoms with Gasteiger partial charge in [0.15, 0.2) is 0 Å². The van der Waals surface area contributed by atoms with Crippen molar-refractivity contribution in [2.24, 2.45) is 5.92 Å². The third kappa shape index (κ3) is 2.04. The Morgan fingerprint density at radius 1 is 1.35 bits per heavy atom. The zero-order valence-electron chi connectivity index (χ0n) is 10.2. The molecule has 0 bridgehead atoms. The predicted octanol–water partition coefficient (Wildman–Crippen LogP) is 2.68. The summed E-state index contributed by atoms with van der Waals surface area (Å²) < 4.78 is 13.2. The van der Waals surface area contributed by atoms with E-state index in [9.17, 15) is 4.39 Å². The maximum absolute atomic E-state index is 13.2. The molecule has 0 spiro atoms. The minimum Gasteiger partial charge on any atom is -0.385 e. The van der Waals surface area contributed by atoms with Gasteiger partial charge in [0.1, 0.15) is 5.82 Å². The number of hydrogen-bond acceptors (Lipinski definition) is 2. The van der Waals surface area contributed by atoms with Gasteiger partial charge in [-0.2, -0.15) is 0 Å². The minimum atomic E-state index is -0.138. The fourth-order valence-corrected chi connectivity index (χ4v) is 3.31. The van der Waals surface area contributed by atoms with Crippen LogP contribution in [0.15, 0.2) is 18.2 Å². The molecule has 1 aromatic rings. The zero-order valence-corrected chi connectivity index (χ0v) is 10.2. The number of hydrogen-bond donors (Lipinski definition) is 1. The van der Waals surface area contributed by atoms with Gasteiger partial charge in [0.05, 0.1) is 0 Å². The number of rotatable bonds is 1. The Hall–Kier alpha value is -1.09. The molecule has 0 aliphatic carbocycles. The standard InChI is InChI=1S/C14H19FN2/c1-17-7-5-10(9-17)12-4-6-16-14-8-11(15)2-3-13(12)14/h2-3,8,10,12,16H,4-7,9H2,1H3. The van der Waals surface area contributed by atoms with Gasteiger partial charge in [-0.3, -0.25) is 0 Å². The molecule has 2 aliphatic rings. The van der Waals surface area contributed by atoms with Gasteiger partial charge < -0.3 is 10.2 Å². The van der Waals surface area contributed by atoms with Crippen LogP contribution in [0.25, 0.3) is 0 Å².